The molecule has 1 aliphatic rings. The van der Waals surface area contributed by atoms with Gasteiger partial charge in [-0.05, 0) is 50.2 Å². The van der Waals surface area contributed by atoms with E-state index in [1.165, 1.54) is 0 Å². The number of piperidine rings is 1. The number of likely N-dealkylation sites (tertiary alicyclic amines) is 1. The van der Waals surface area contributed by atoms with Crippen molar-refractivity contribution in [2.45, 2.75) is 46.6 Å². The largest absolute Gasteiger partial charge is 0.388 e. The van der Waals surface area contributed by atoms with Crippen molar-refractivity contribution in [1.82, 2.24) is 20.3 Å². The van der Waals surface area contributed by atoms with Crippen LogP contribution >= 0.6 is 11.6 Å². The molecule has 1 saturated heterocycles. The van der Waals surface area contributed by atoms with E-state index in [4.69, 9.17) is 16.1 Å². The normalized spacial score (nSPS) is 16.6. The highest BCUT2D eigenvalue weighted by Crippen LogP contribution is 2.46. The average Bonchev–Trinajstić information content (AvgIpc) is 3.34. The highest BCUT2D eigenvalue weighted by molar-refractivity contribution is 6.31. The summed E-state index contributed by atoms with van der Waals surface area (Å²) in [5.41, 5.74) is 2.45. The summed E-state index contributed by atoms with van der Waals surface area (Å²) in [6.07, 6.45) is 2.58. The minimum atomic E-state index is -0.721. The third kappa shape index (κ3) is 4.02. The molecule has 0 radical (unpaired) electrons. The van der Waals surface area contributed by atoms with Crippen molar-refractivity contribution in [3.8, 4) is 0 Å². The van der Waals surface area contributed by atoms with Crippen molar-refractivity contribution in [2.24, 2.45) is 11.3 Å². The molecule has 2 aromatic heterocycles. The molecule has 1 aliphatic heterocycles. The van der Waals surface area contributed by atoms with Crippen LogP contribution < -0.4 is 5.32 Å². The molecule has 3 N–H and O–H groups in total. The zero-order valence-corrected chi connectivity index (χ0v) is 19.0. The number of aryl methyl sites for hydroxylation is 2. The van der Waals surface area contributed by atoms with Crippen LogP contribution in [0.15, 0.2) is 22.9 Å². The molecule has 0 aliphatic carbocycles. The molecule has 1 unspecified atom stereocenters. The van der Waals surface area contributed by atoms with Gasteiger partial charge in [-0.15, -0.1) is 0 Å². The van der Waals surface area contributed by atoms with E-state index in [1.54, 1.807) is 31.0 Å². The van der Waals surface area contributed by atoms with Crippen LogP contribution in [0.25, 0.3) is 10.9 Å². The van der Waals surface area contributed by atoms with Crippen molar-refractivity contribution in [2.75, 3.05) is 18.4 Å². The summed E-state index contributed by atoms with van der Waals surface area (Å²) in [7, 11) is 0. The Balaban J connectivity index is 1.45. The number of H-pyrrole nitrogens is 1. The molecular formula is C22H28ClN5O3. The second kappa shape index (κ2) is 8.16. The topological polar surface area (TPSA) is 107 Å². The number of anilines is 1. The van der Waals surface area contributed by atoms with E-state index < -0.39 is 11.5 Å². The number of halogens is 1. The predicted octanol–water partition coefficient (Wildman–Crippen LogP) is 4.82. The zero-order valence-electron chi connectivity index (χ0n) is 18.2. The van der Waals surface area contributed by atoms with Gasteiger partial charge in [-0.25, -0.2) is 4.79 Å². The molecule has 2 amide bonds. The summed E-state index contributed by atoms with van der Waals surface area (Å²) in [5, 5.41) is 26.6. The molecule has 0 saturated carbocycles. The number of urea groups is 1. The molecule has 31 heavy (non-hydrogen) atoms. The van der Waals surface area contributed by atoms with E-state index in [2.05, 4.69) is 34.5 Å². The molecule has 9 heteroatoms. The number of fused-ring (bicyclic) bond motifs is 1. The minimum Gasteiger partial charge on any atom is -0.388 e. The first-order chi connectivity index (χ1) is 14.7. The SMILES string of the molecule is Cc1noc(C)c1NC(=O)N1CCC(C(C)(C)C(O)c2cc(Cl)cc3cn[nH]c23)CC1. The molecule has 8 nitrogen and oxygen atoms in total. The van der Waals surface area contributed by atoms with Gasteiger partial charge in [0.1, 0.15) is 11.4 Å². The van der Waals surface area contributed by atoms with Crippen LogP contribution in [0.1, 0.15) is 49.8 Å². The number of aliphatic hydroxyl groups excluding tert-OH is 1. The van der Waals surface area contributed by atoms with Gasteiger partial charge in [0.25, 0.3) is 0 Å². The molecule has 4 rings (SSSR count). The fraction of sp³-hybridized carbons (Fsp3) is 0.500. The van der Waals surface area contributed by atoms with Gasteiger partial charge in [0.2, 0.25) is 0 Å². The van der Waals surface area contributed by atoms with E-state index in [0.29, 0.717) is 35.3 Å². The first-order valence-electron chi connectivity index (χ1n) is 10.5. The third-order valence-corrected chi connectivity index (χ3v) is 6.86. The summed E-state index contributed by atoms with van der Waals surface area (Å²) in [6, 6.07) is 3.49. The van der Waals surface area contributed by atoms with Gasteiger partial charge in [-0.1, -0.05) is 30.6 Å². The number of nitrogens with zero attached hydrogens (tertiary/aromatic N) is 3. The maximum atomic E-state index is 12.7. The smallest absolute Gasteiger partial charge is 0.321 e. The van der Waals surface area contributed by atoms with Gasteiger partial charge in [0.15, 0.2) is 5.76 Å². The summed E-state index contributed by atoms with van der Waals surface area (Å²) >= 11 is 6.28. The maximum absolute atomic E-state index is 12.7. The van der Waals surface area contributed by atoms with Gasteiger partial charge < -0.3 is 19.8 Å². The predicted molar refractivity (Wildman–Crippen MR) is 119 cm³/mol. The number of hydrogen-bond donors (Lipinski definition) is 3. The molecule has 3 heterocycles. The van der Waals surface area contributed by atoms with Crippen LogP contribution in [0.5, 0.6) is 0 Å². The van der Waals surface area contributed by atoms with Crippen molar-refractivity contribution < 1.29 is 14.4 Å². The zero-order chi connectivity index (χ0) is 22.3. The van der Waals surface area contributed by atoms with E-state index >= 15 is 0 Å². The second-order valence-corrected chi connectivity index (χ2v) is 9.38. The Bertz CT molecular complexity index is 1080. The van der Waals surface area contributed by atoms with E-state index in [1.807, 2.05) is 6.07 Å². The molecule has 1 atom stereocenters. The van der Waals surface area contributed by atoms with Gasteiger partial charge in [0.05, 0.1) is 17.8 Å². The Hall–Kier alpha value is -2.58. The van der Waals surface area contributed by atoms with Gasteiger partial charge in [0, 0.05) is 29.1 Å². The third-order valence-electron chi connectivity index (χ3n) is 6.64. The standard InChI is InChI=1S/C22H28ClN5O3/c1-12-18(13(2)31-27-12)25-21(30)28-7-5-15(6-8-28)22(3,4)20(29)17-10-16(23)9-14-11-24-26-19(14)17/h9-11,15,20,29H,5-8H2,1-4H3,(H,24,26)(H,25,30). The monoisotopic (exact) mass is 445 g/mol. The van der Waals surface area contributed by atoms with E-state index in [-0.39, 0.29) is 11.9 Å². The fourth-order valence-corrected chi connectivity index (χ4v) is 4.80. The number of hydrogen-bond acceptors (Lipinski definition) is 5. The second-order valence-electron chi connectivity index (χ2n) is 8.94. The van der Waals surface area contributed by atoms with Crippen LogP contribution in [0.4, 0.5) is 10.5 Å². The Labute approximate surface area is 185 Å². The number of carbonyl (C=O) groups is 1. The Morgan fingerprint density at radius 3 is 2.71 bits per heavy atom. The molecule has 1 aromatic carbocycles. The molecule has 0 bridgehead atoms. The van der Waals surface area contributed by atoms with Crippen molar-refractivity contribution >= 4 is 34.2 Å². The number of benzene rings is 1. The van der Waals surface area contributed by atoms with E-state index in [0.717, 1.165) is 29.3 Å². The summed E-state index contributed by atoms with van der Waals surface area (Å²) in [4.78, 5) is 14.5. The summed E-state index contributed by atoms with van der Waals surface area (Å²) in [6.45, 7) is 8.96. The van der Waals surface area contributed by atoms with Crippen molar-refractivity contribution in [3.63, 3.8) is 0 Å². The Morgan fingerprint density at radius 1 is 1.35 bits per heavy atom. The molecule has 1 fully saturated rings. The van der Waals surface area contributed by atoms with Crippen LogP contribution in [0.3, 0.4) is 0 Å². The number of nitrogens with one attached hydrogen (secondary N) is 2. The Morgan fingerprint density at radius 2 is 2.06 bits per heavy atom. The number of aliphatic hydroxyl groups is 1. The van der Waals surface area contributed by atoms with Crippen LogP contribution in [0.2, 0.25) is 5.02 Å². The van der Waals surface area contributed by atoms with Crippen molar-refractivity contribution in [1.29, 1.82) is 0 Å². The lowest BCUT2D eigenvalue weighted by Gasteiger charge is -2.43. The maximum Gasteiger partial charge on any atom is 0.321 e. The van der Waals surface area contributed by atoms with Gasteiger partial charge in [-0.2, -0.15) is 5.10 Å². The summed E-state index contributed by atoms with van der Waals surface area (Å²) < 4.78 is 5.12. The number of amides is 2. The van der Waals surface area contributed by atoms with Crippen molar-refractivity contribution in [3.05, 3.63) is 40.4 Å². The number of rotatable bonds is 4. The lowest BCUT2D eigenvalue weighted by Crippen LogP contribution is -2.45. The van der Waals surface area contributed by atoms with E-state index in [9.17, 15) is 9.90 Å². The first kappa shape index (κ1) is 21.6. The van der Waals surface area contributed by atoms with Gasteiger partial charge >= 0.3 is 6.03 Å². The molecule has 3 aromatic rings. The first-order valence-corrected chi connectivity index (χ1v) is 10.9. The number of aromatic amines is 1. The lowest BCUT2D eigenvalue weighted by molar-refractivity contribution is -0.0138. The molecule has 166 valence electrons. The quantitative estimate of drug-likeness (QED) is 0.533. The molecular weight excluding hydrogens is 418 g/mol. The average molecular weight is 446 g/mol. The number of carbonyl (C=O) groups excluding carboxylic acids is 1. The van der Waals surface area contributed by atoms with Gasteiger partial charge in [-0.3, -0.25) is 5.10 Å². The summed E-state index contributed by atoms with van der Waals surface area (Å²) in [5.74, 6) is 0.833. The van der Waals surface area contributed by atoms with Crippen LogP contribution in [-0.4, -0.2) is 44.5 Å². The fourth-order valence-electron chi connectivity index (χ4n) is 4.56. The lowest BCUT2D eigenvalue weighted by atomic mass is 9.68. The molecule has 0 spiro atoms. The highest BCUT2D eigenvalue weighted by Gasteiger charge is 2.40. The van der Waals surface area contributed by atoms with Crippen LogP contribution in [0, 0.1) is 25.2 Å². The minimum absolute atomic E-state index is 0.153. The number of aromatic nitrogens is 3. The van der Waals surface area contributed by atoms with Crippen LogP contribution in [-0.2, 0) is 0 Å². The highest BCUT2D eigenvalue weighted by atomic mass is 35.5. The Kier molecular flexibility index (Phi) is 5.70.